The molecule has 0 radical (unpaired) electrons. The van der Waals surface area contributed by atoms with Crippen LogP contribution in [0.3, 0.4) is 0 Å². The Balaban J connectivity index is 1.49. The number of pyridine rings is 1. The van der Waals surface area contributed by atoms with Crippen LogP contribution in [0.5, 0.6) is 5.75 Å². The van der Waals surface area contributed by atoms with E-state index in [1.165, 1.54) is 11.8 Å². The van der Waals surface area contributed by atoms with E-state index in [4.69, 9.17) is 15.6 Å². The number of nitrogen functional groups attached to an aromatic ring is 1. The molecular weight excluding hydrogens is 354 g/mol. The van der Waals surface area contributed by atoms with Crippen LogP contribution in [-0.2, 0) is 13.2 Å². The second-order valence-corrected chi connectivity index (χ2v) is 6.43. The number of ether oxygens (including phenoxy) is 1. The number of benzene rings is 2. The Kier molecular flexibility index (Phi) is 3.86. The molecule has 0 spiro atoms. The minimum atomic E-state index is 0.262. The first-order chi connectivity index (χ1) is 13.8. The molecule has 0 bridgehead atoms. The lowest BCUT2D eigenvalue weighted by Crippen LogP contribution is -2.04. The van der Waals surface area contributed by atoms with Crippen LogP contribution in [0.2, 0.25) is 0 Å². The summed E-state index contributed by atoms with van der Waals surface area (Å²) in [4.78, 5) is 4.13. The van der Waals surface area contributed by atoms with Gasteiger partial charge in [-0.05, 0) is 11.6 Å². The second kappa shape index (κ2) is 6.66. The molecule has 2 aromatic carbocycles. The van der Waals surface area contributed by atoms with Gasteiger partial charge in [0.15, 0.2) is 11.3 Å². The molecule has 0 aliphatic heterocycles. The van der Waals surface area contributed by atoms with E-state index in [1.807, 2.05) is 41.1 Å². The van der Waals surface area contributed by atoms with Crippen LogP contribution in [0.15, 0.2) is 60.8 Å². The maximum atomic E-state index is 6.04. The highest BCUT2D eigenvalue weighted by Crippen LogP contribution is 2.29. The Morgan fingerprint density at radius 1 is 1.00 bits per heavy atom. The van der Waals surface area contributed by atoms with Crippen LogP contribution in [0, 0.1) is 0 Å². The molecule has 0 amide bonds. The highest BCUT2D eigenvalue weighted by Gasteiger charge is 2.15. The van der Waals surface area contributed by atoms with E-state index < -0.39 is 0 Å². The Morgan fingerprint density at radius 3 is 2.71 bits per heavy atom. The molecule has 0 saturated heterocycles. The minimum Gasteiger partial charge on any atom is -0.482 e. The summed E-state index contributed by atoms with van der Waals surface area (Å²) in [6, 6.07) is 18.4. The summed E-state index contributed by atoms with van der Waals surface area (Å²) in [7, 11) is 0. The first-order valence-electron chi connectivity index (χ1n) is 8.85. The van der Waals surface area contributed by atoms with Gasteiger partial charge in [-0.2, -0.15) is 15.4 Å². The van der Waals surface area contributed by atoms with Crippen LogP contribution in [0.4, 0.5) is 5.69 Å². The predicted molar refractivity (Wildman–Crippen MR) is 106 cm³/mol. The number of nitrogens with one attached hydrogen (secondary N) is 1. The summed E-state index contributed by atoms with van der Waals surface area (Å²) in [5.41, 5.74) is 10.5. The molecule has 8 heteroatoms. The van der Waals surface area contributed by atoms with Crippen molar-refractivity contribution >= 4 is 27.8 Å². The van der Waals surface area contributed by atoms with Crippen molar-refractivity contribution < 1.29 is 4.74 Å². The number of fused-ring (bicyclic) bond motifs is 2. The summed E-state index contributed by atoms with van der Waals surface area (Å²) in [6.45, 7) is 0.949. The number of anilines is 1. The van der Waals surface area contributed by atoms with Gasteiger partial charge in [-0.25, -0.2) is 4.98 Å². The molecule has 5 rings (SSSR count). The molecule has 28 heavy (non-hydrogen) atoms. The maximum Gasteiger partial charge on any atom is 0.205 e. The lowest BCUT2D eigenvalue weighted by molar-refractivity contribution is 0.305. The van der Waals surface area contributed by atoms with Crippen LogP contribution < -0.4 is 10.5 Å². The van der Waals surface area contributed by atoms with E-state index in [-0.39, 0.29) is 6.61 Å². The van der Waals surface area contributed by atoms with Crippen LogP contribution in [0.1, 0.15) is 11.3 Å². The third-order valence-electron chi connectivity index (χ3n) is 4.60. The third kappa shape index (κ3) is 2.81. The molecule has 3 aromatic heterocycles. The zero-order valence-corrected chi connectivity index (χ0v) is 14.9. The molecule has 0 saturated carbocycles. The fraction of sp³-hybridized carbons (Fsp3) is 0.100. The largest absolute Gasteiger partial charge is 0.482 e. The van der Waals surface area contributed by atoms with E-state index in [1.54, 1.807) is 0 Å². The van der Waals surface area contributed by atoms with Gasteiger partial charge in [-0.1, -0.05) is 48.5 Å². The first-order valence-corrected chi connectivity index (χ1v) is 8.85. The molecule has 0 aliphatic rings. The topological polar surface area (TPSA) is 108 Å². The zero-order chi connectivity index (χ0) is 18.9. The first kappa shape index (κ1) is 16.2. The fourth-order valence-corrected chi connectivity index (χ4v) is 3.27. The van der Waals surface area contributed by atoms with Crippen LogP contribution >= 0.6 is 0 Å². The van der Waals surface area contributed by atoms with E-state index >= 15 is 0 Å². The van der Waals surface area contributed by atoms with E-state index in [2.05, 4.69) is 38.6 Å². The molecule has 8 nitrogen and oxygen atoms in total. The Labute approximate surface area is 160 Å². The van der Waals surface area contributed by atoms with Gasteiger partial charge >= 0.3 is 0 Å². The lowest BCUT2D eigenvalue weighted by Gasteiger charge is -2.07. The smallest absolute Gasteiger partial charge is 0.205 e. The van der Waals surface area contributed by atoms with Gasteiger partial charge in [-0.15, -0.1) is 5.10 Å². The van der Waals surface area contributed by atoms with Gasteiger partial charge in [0.05, 0.1) is 23.9 Å². The summed E-state index contributed by atoms with van der Waals surface area (Å²) in [5, 5.41) is 16.4. The fourth-order valence-electron chi connectivity index (χ4n) is 3.27. The summed E-state index contributed by atoms with van der Waals surface area (Å²) >= 11 is 0. The molecule has 0 unspecified atom stereocenters. The van der Waals surface area contributed by atoms with E-state index in [0.29, 0.717) is 29.1 Å². The van der Waals surface area contributed by atoms with Crippen molar-refractivity contribution in [3.8, 4) is 5.75 Å². The second-order valence-electron chi connectivity index (χ2n) is 6.43. The number of hydrogen-bond donors (Lipinski definition) is 2. The van der Waals surface area contributed by atoms with Crippen molar-refractivity contribution in [3.63, 3.8) is 0 Å². The van der Waals surface area contributed by atoms with Gasteiger partial charge < -0.3 is 10.5 Å². The quantitative estimate of drug-likeness (QED) is 0.492. The summed E-state index contributed by atoms with van der Waals surface area (Å²) in [5.74, 6) is 0.459. The number of nitrogens with zero attached hydrogens (tertiary/aromatic N) is 5. The van der Waals surface area contributed by atoms with Crippen LogP contribution in [0.25, 0.3) is 22.1 Å². The average Bonchev–Trinajstić information content (AvgIpc) is 3.34. The number of aromatic amines is 1. The van der Waals surface area contributed by atoms with Crippen molar-refractivity contribution in [1.29, 1.82) is 0 Å². The normalized spacial score (nSPS) is 11.3. The Morgan fingerprint density at radius 2 is 1.82 bits per heavy atom. The predicted octanol–water partition coefficient (Wildman–Crippen LogP) is 2.91. The zero-order valence-electron chi connectivity index (χ0n) is 14.9. The third-order valence-corrected chi connectivity index (χ3v) is 4.60. The Bertz CT molecular complexity index is 1260. The standard InChI is InChI=1S/C20H17N7O/c21-15-10-22-20-18(23-26-24-20)19(15)28-12-16-14-8-4-5-9-17(14)27(25-16)11-13-6-2-1-3-7-13/h1-10H,11-12,21H2,(H,22,23,24,26). The van der Waals surface area contributed by atoms with Gasteiger partial charge in [0.1, 0.15) is 12.3 Å². The molecule has 0 atom stereocenters. The number of nitrogens with two attached hydrogens (primary N) is 1. The highest BCUT2D eigenvalue weighted by molar-refractivity contribution is 5.84. The van der Waals surface area contributed by atoms with Gasteiger partial charge in [-0.3, -0.25) is 4.68 Å². The number of hydrogen-bond acceptors (Lipinski definition) is 6. The van der Waals surface area contributed by atoms with E-state index in [0.717, 1.165) is 16.6 Å². The molecule has 0 aliphatic carbocycles. The monoisotopic (exact) mass is 371 g/mol. The van der Waals surface area contributed by atoms with Crippen molar-refractivity contribution in [2.75, 3.05) is 5.73 Å². The summed E-state index contributed by atoms with van der Waals surface area (Å²) < 4.78 is 7.99. The molecule has 5 aromatic rings. The highest BCUT2D eigenvalue weighted by atomic mass is 16.5. The lowest BCUT2D eigenvalue weighted by atomic mass is 10.2. The minimum absolute atomic E-state index is 0.262. The van der Waals surface area contributed by atoms with Crippen molar-refractivity contribution in [1.82, 2.24) is 30.2 Å². The van der Waals surface area contributed by atoms with Crippen molar-refractivity contribution in [3.05, 3.63) is 72.1 Å². The van der Waals surface area contributed by atoms with Gasteiger partial charge in [0, 0.05) is 5.39 Å². The maximum absolute atomic E-state index is 6.04. The molecule has 138 valence electrons. The number of H-pyrrole nitrogens is 1. The summed E-state index contributed by atoms with van der Waals surface area (Å²) in [6.07, 6.45) is 1.52. The number of rotatable bonds is 5. The van der Waals surface area contributed by atoms with Gasteiger partial charge in [0.2, 0.25) is 5.65 Å². The number of aromatic nitrogens is 6. The Hall–Kier alpha value is -3.94. The molecule has 3 N–H and O–H groups in total. The van der Waals surface area contributed by atoms with Crippen molar-refractivity contribution in [2.45, 2.75) is 13.2 Å². The molecular formula is C20H17N7O. The molecule has 0 fully saturated rings. The van der Waals surface area contributed by atoms with Crippen molar-refractivity contribution in [2.24, 2.45) is 0 Å². The average molecular weight is 371 g/mol. The number of para-hydroxylation sites is 1. The van der Waals surface area contributed by atoms with E-state index in [9.17, 15) is 0 Å². The molecule has 3 heterocycles. The van der Waals surface area contributed by atoms with Gasteiger partial charge in [0.25, 0.3) is 0 Å². The van der Waals surface area contributed by atoms with Crippen LogP contribution in [-0.4, -0.2) is 30.2 Å². The SMILES string of the molecule is Nc1cnc2n[nH]nc2c1OCc1nn(Cc2ccccc2)c2ccccc12.